The third-order valence-corrected chi connectivity index (χ3v) is 6.40. The van der Waals surface area contributed by atoms with Crippen molar-refractivity contribution in [2.24, 2.45) is 0 Å². The molecule has 3 aromatic carbocycles. The van der Waals surface area contributed by atoms with Gasteiger partial charge < -0.3 is 10.6 Å². The molecule has 1 aliphatic carbocycles. The lowest BCUT2D eigenvalue weighted by atomic mass is 9.86. The van der Waals surface area contributed by atoms with Crippen molar-refractivity contribution >= 4 is 40.5 Å². The number of nitrogens with one attached hydrogen (secondary N) is 2. The molecule has 0 aromatic heterocycles. The Morgan fingerprint density at radius 1 is 1.00 bits per heavy atom. The molecule has 0 fully saturated rings. The summed E-state index contributed by atoms with van der Waals surface area (Å²) < 4.78 is 0. The molecule has 6 heteroatoms. The highest BCUT2D eigenvalue weighted by molar-refractivity contribution is 6.30. The summed E-state index contributed by atoms with van der Waals surface area (Å²) in [7, 11) is 0. The van der Waals surface area contributed by atoms with E-state index in [9.17, 15) is 9.59 Å². The molecule has 1 heterocycles. The molecule has 1 aliphatic heterocycles. The fraction of sp³-hybridized carbons (Fsp3) is 0.185. The first kappa shape index (κ1) is 21.3. The molecule has 0 saturated carbocycles. The van der Waals surface area contributed by atoms with Crippen LogP contribution in [0.25, 0.3) is 0 Å². The number of Topliss-reactive ketones (excluding diaryl/α,β-unsaturated/α-hetero) is 1. The van der Waals surface area contributed by atoms with Crippen LogP contribution in [0.2, 0.25) is 5.02 Å². The molecule has 1 atom stereocenters. The lowest BCUT2D eigenvalue weighted by molar-refractivity contribution is -0.116. The molecule has 5 rings (SSSR count). The maximum Gasteiger partial charge on any atom is 0.327 e. The van der Waals surface area contributed by atoms with Gasteiger partial charge in [0.2, 0.25) is 0 Å². The van der Waals surface area contributed by atoms with E-state index in [1.165, 1.54) is 0 Å². The Bertz CT molecular complexity index is 1250. The number of fused-ring (bicyclic) bond motifs is 1. The molecule has 5 nitrogen and oxygen atoms in total. The van der Waals surface area contributed by atoms with Crippen molar-refractivity contribution in [2.75, 3.05) is 15.5 Å². The Hall–Kier alpha value is -3.57. The first-order chi connectivity index (χ1) is 16.0. The van der Waals surface area contributed by atoms with Crippen molar-refractivity contribution in [3.05, 3.63) is 100 Å². The van der Waals surface area contributed by atoms with E-state index in [0.717, 1.165) is 35.4 Å². The smallest absolute Gasteiger partial charge is 0.327 e. The van der Waals surface area contributed by atoms with Gasteiger partial charge in [-0.25, -0.2) is 4.79 Å². The normalized spacial score (nSPS) is 17.6. The number of hydrogen-bond acceptors (Lipinski definition) is 3. The fourth-order valence-electron chi connectivity index (χ4n) is 4.54. The molecule has 3 aromatic rings. The summed E-state index contributed by atoms with van der Waals surface area (Å²) in [5.74, 6) is 0.0599. The highest BCUT2D eigenvalue weighted by Gasteiger charge is 2.39. The molecule has 0 spiro atoms. The summed E-state index contributed by atoms with van der Waals surface area (Å²) in [6, 6.07) is 21.8. The minimum absolute atomic E-state index is 0.0599. The van der Waals surface area contributed by atoms with Crippen molar-refractivity contribution in [3.8, 4) is 0 Å². The minimum atomic E-state index is -0.577. The van der Waals surface area contributed by atoms with E-state index in [4.69, 9.17) is 11.6 Å². The Morgan fingerprint density at radius 3 is 2.48 bits per heavy atom. The van der Waals surface area contributed by atoms with Crippen molar-refractivity contribution in [1.82, 2.24) is 0 Å². The first-order valence-corrected chi connectivity index (χ1v) is 11.4. The first-order valence-electron chi connectivity index (χ1n) is 11.1. The van der Waals surface area contributed by atoms with E-state index in [2.05, 4.69) is 10.6 Å². The molecule has 0 saturated heterocycles. The zero-order chi connectivity index (χ0) is 22.9. The number of urea groups is 1. The topological polar surface area (TPSA) is 61.4 Å². The number of carbonyl (C=O) groups excluding carboxylic acids is 2. The number of rotatable bonds is 2. The predicted octanol–water partition coefficient (Wildman–Crippen LogP) is 6.86. The van der Waals surface area contributed by atoms with Crippen LogP contribution in [0.3, 0.4) is 0 Å². The van der Waals surface area contributed by atoms with Gasteiger partial charge in [-0.05, 0) is 61.7 Å². The number of carbonyl (C=O) groups is 2. The number of ketones is 1. The lowest BCUT2D eigenvalue weighted by Gasteiger charge is -2.34. The second kappa shape index (κ2) is 8.75. The van der Waals surface area contributed by atoms with E-state index < -0.39 is 6.04 Å². The molecule has 1 unspecified atom stereocenters. The second-order valence-electron chi connectivity index (χ2n) is 8.43. The van der Waals surface area contributed by atoms with Crippen LogP contribution in [-0.2, 0) is 4.79 Å². The van der Waals surface area contributed by atoms with Crippen LogP contribution in [-0.4, -0.2) is 11.8 Å². The standard InChI is InChI=1S/C27H24ClN3O2/c1-17-9-15-20(16-10-17)29-27(33)31-23-7-3-2-5-21(23)30-22-6-4-8-24(32)25(22)26(31)18-11-13-19(28)14-12-18/h2-3,5,7,9-16,26,30H,4,6,8H2,1H3,(H,29,33). The Kier molecular flexibility index (Phi) is 5.65. The predicted molar refractivity (Wildman–Crippen MR) is 133 cm³/mol. The lowest BCUT2D eigenvalue weighted by Crippen LogP contribution is -2.40. The molecular weight excluding hydrogens is 434 g/mol. The zero-order valence-electron chi connectivity index (χ0n) is 18.3. The van der Waals surface area contributed by atoms with Gasteiger partial charge in [0.15, 0.2) is 5.78 Å². The molecule has 0 bridgehead atoms. The number of para-hydroxylation sites is 2. The molecule has 2 N–H and O–H groups in total. The van der Waals surface area contributed by atoms with Crippen LogP contribution in [0.4, 0.5) is 21.9 Å². The van der Waals surface area contributed by atoms with Crippen LogP contribution in [0.15, 0.2) is 84.1 Å². The summed E-state index contributed by atoms with van der Waals surface area (Å²) >= 11 is 6.16. The van der Waals surface area contributed by atoms with E-state index in [-0.39, 0.29) is 11.8 Å². The second-order valence-corrected chi connectivity index (χ2v) is 8.87. The number of halogens is 1. The molecule has 166 valence electrons. The highest BCUT2D eigenvalue weighted by atomic mass is 35.5. The van der Waals surface area contributed by atoms with E-state index in [1.54, 1.807) is 17.0 Å². The van der Waals surface area contributed by atoms with Gasteiger partial charge in [-0.1, -0.05) is 53.6 Å². The number of hydrogen-bond donors (Lipinski definition) is 2. The average Bonchev–Trinajstić information content (AvgIpc) is 2.96. The number of anilines is 3. The number of benzene rings is 3. The summed E-state index contributed by atoms with van der Waals surface area (Å²) in [6.07, 6.45) is 2.01. The molecular formula is C27H24ClN3O2. The third-order valence-electron chi connectivity index (χ3n) is 6.14. The summed E-state index contributed by atoms with van der Waals surface area (Å²) in [5, 5.41) is 7.10. The minimum Gasteiger partial charge on any atom is -0.357 e. The van der Waals surface area contributed by atoms with Gasteiger partial charge in [0.05, 0.1) is 17.4 Å². The molecule has 33 heavy (non-hydrogen) atoms. The SMILES string of the molecule is Cc1ccc(NC(=O)N2c3ccccc3NC3=C(C(=O)CCC3)C2c2ccc(Cl)cc2)cc1. The Balaban J connectivity index is 1.68. The van der Waals surface area contributed by atoms with Crippen molar-refractivity contribution in [2.45, 2.75) is 32.2 Å². The van der Waals surface area contributed by atoms with Crippen LogP contribution in [0.5, 0.6) is 0 Å². The van der Waals surface area contributed by atoms with Crippen molar-refractivity contribution in [3.63, 3.8) is 0 Å². The zero-order valence-corrected chi connectivity index (χ0v) is 19.0. The molecule has 2 amide bonds. The van der Waals surface area contributed by atoms with Crippen LogP contribution in [0, 0.1) is 6.92 Å². The van der Waals surface area contributed by atoms with Crippen LogP contribution in [0.1, 0.15) is 36.4 Å². The number of aryl methyl sites for hydroxylation is 1. The molecule has 0 radical (unpaired) electrons. The maximum atomic E-state index is 13.8. The summed E-state index contributed by atoms with van der Waals surface area (Å²) in [6.45, 7) is 2.00. The van der Waals surface area contributed by atoms with Gasteiger partial charge in [-0.15, -0.1) is 0 Å². The van der Waals surface area contributed by atoms with Crippen molar-refractivity contribution in [1.29, 1.82) is 0 Å². The van der Waals surface area contributed by atoms with E-state index in [0.29, 0.717) is 28.4 Å². The number of amides is 2. The highest BCUT2D eigenvalue weighted by Crippen LogP contribution is 2.45. The van der Waals surface area contributed by atoms with Gasteiger partial charge in [-0.2, -0.15) is 0 Å². The molecule has 2 aliphatic rings. The van der Waals surface area contributed by atoms with Crippen LogP contribution < -0.4 is 15.5 Å². The van der Waals surface area contributed by atoms with E-state index in [1.807, 2.05) is 67.6 Å². The average molecular weight is 458 g/mol. The monoisotopic (exact) mass is 457 g/mol. The summed E-state index contributed by atoms with van der Waals surface area (Å²) in [4.78, 5) is 28.8. The van der Waals surface area contributed by atoms with E-state index >= 15 is 0 Å². The Labute approximate surface area is 198 Å². The van der Waals surface area contributed by atoms with Gasteiger partial charge in [-0.3, -0.25) is 9.69 Å². The van der Waals surface area contributed by atoms with Gasteiger partial charge in [0, 0.05) is 28.4 Å². The third kappa shape index (κ3) is 4.12. The maximum absolute atomic E-state index is 13.8. The largest absolute Gasteiger partial charge is 0.357 e. The van der Waals surface area contributed by atoms with Crippen molar-refractivity contribution < 1.29 is 9.59 Å². The fourth-order valence-corrected chi connectivity index (χ4v) is 4.66. The quantitative estimate of drug-likeness (QED) is 0.441. The van der Waals surface area contributed by atoms with Crippen LogP contribution >= 0.6 is 11.6 Å². The Morgan fingerprint density at radius 2 is 1.73 bits per heavy atom. The van der Waals surface area contributed by atoms with Gasteiger partial charge in [0.1, 0.15) is 0 Å². The van der Waals surface area contributed by atoms with Gasteiger partial charge in [0.25, 0.3) is 0 Å². The number of nitrogens with zero attached hydrogens (tertiary/aromatic N) is 1. The number of allylic oxidation sites excluding steroid dienone is 1. The summed E-state index contributed by atoms with van der Waals surface area (Å²) in [5.41, 5.74) is 5.67. The van der Waals surface area contributed by atoms with Gasteiger partial charge >= 0.3 is 6.03 Å².